The zero-order valence-corrected chi connectivity index (χ0v) is 14.6. The Kier molecular flexibility index (Phi) is 6.73. The first kappa shape index (κ1) is 20.2. The number of hydrogen-bond acceptors (Lipinski definition) is 7. The maximum absolute atomic E-state index is 12.8. The molecule has 0 saturated carbocycles. The molecule has 0 aromatic heterocycles. The summed E-state index contributed by atoms with van der Waals surface area (Å²) in [7, 11) is 0. The highest BCUT2D eigenvalue weighted by Gasteiger charge is 2.21. The van der Waals surface area contributed by atoms with E-state index in [2.05, 4.69) is 0 Å². The summed E-state index contributed by atoms with van der Waals surface area (Å²) in [6, 6.07) is 8.10. The molecule has 7 nitrogen and oxygen atoms in total. The van der Waals surface area contributed by atoms with E-state index in [4.69, 9.17) is 15.2 Å². The maximum Gasteiger partial charge on any atom is 0.338 e. The van der Waals surface area contributed by atoms with E-state index < -0.39 is 29.9 Å². The highest BCUT2D eigenvalue weighted by Crippen LogP contribution is 2.28. The first-order valence-electron chi connectivity index (χ1n) is 8.16. The van der Waals surface area contributed by atoms with E-state index in [9.17, 15) is 24.2 Å². The van der Waals surface area contributed by atoms with E-state index in [1.54, 1.807) is 0 Å². The van der Waals surface area contributed by atoms with Crippen molar-refractivity contribution in [2.75, 3.05) is 6.61 Å². The molecule has 27 heavy (non-hydrogen) atoms. The Labute approximate surface area is 155 Å². The van der Waals surface area contributed by atoms with Crippen LogP contribution in [0.25, 0.3) is 0 Å². The van der Waals surface area contributed by atoms with Crippen molar-refractivity contribution in [2.24, 2.45) is 5.73 Å². The van der Waals surface area contributed by atoms with Gasteiger partial charge in [0.05, 0.1) is 5.56 Å². The van der Waals surface area contributed by atoms with Gasteiger partial charge in [0, 0.05) is 6.42 Å². The van der Waals surface area contributed by atoms with E-state index >= 15 is 0 Å². The average molecular weight is 377 g/mol. The summed E-state index contributed by atoms with van der Waals surface area (Å²) < 4.78 is 23.0. The number of rotatable bonds is 7. The van der Waals surface area contributed by atoms with Crippen LogP contribution < -0.4 is 5.73 Å². The van der Waals surface area contributed by atoms with Gasteiger partial charge in [-0.25, -0.2) is 9.18 Å². The fraction of sp³-hybridized carbons (Fsp3) is 0.263. The monoisotopic (exact) mass is 377 g/mol. The topological polar surface area (TPSA) is 119 Å². The molecule has 0 aliphatic carbocycles. The van der Waals surface area contributed by atoms with E-state index in [1.165, 1.54) is 37.3 Å². The fourth-order valence-electron chi connectivity index (χ4n) is 2.24. The van der Waals surface area contributed by atoms with Crippen LogP contribution in [0, 0.1) is 5.82 Å². The highest BCUT2D eigenvalue weighted by molar-refractivity contribution is 5.89. The van der Waals surface area contributed by atoms with Crippen LogP contribution in [0.5, 0.6) is 11.5 Å². The zero-order valence-electron chi connectivity index (χ0n) is 14.6. The van der Waals surface area contributed by atoms with Gasteiger partial charge in [-0.15, -0.1) is 0 Å². The molecule has 0 aliphatic rings. The minimum absolute atomic E-state index is 0.0405. The SMILES string of the molecule is C[C@@H](COC(=O)c1ccc(F)cc1)OC(=O)[C@@H](N)Cc1cccc(O)c1O. The molecule has 0 bridgehead atoms. The molecule has 0 radical (unpaired) electrons. The van der Waals surface area contributed by atoms with Crippen molar-refractivity contribution in [2.45, 2.75) is 25.5 Å². The lowest BCUT2D eigenvalue weighted by Crippen LogP contribution is -2.37. The van der Waals surface area contributed by atoms with Crippen molar-refractivity contribution in [3.8, 4) is 11.5 Å². The molecule has 0 aliphatic heterocycles. The van der Waals surface area contributed by atoms with Crippen LogP contribution in [0.3, 0.4) is 0 Å². The predicted octanol–water partition coefficient (Wildman–Crippen LogP) is 1.90. The Bertz CT molecular complexity index is 808. The van der Waals surface area contributed by atoms with E-state index in [0.717, 1.165) is 12.1 Å². The summed E-state index contributed by atoms with van der Waals surface area (Å²) in [5, 5.41) is 19.2. The Morgan fingerprint density at radius 3 is 2.48 bits per heavy atom. The second-order valence-corrected chi connectivity index (χ2v) is 5.95. The third kappa shape index (κ3) is 5.68. The van der Waals surface area contributed by atoms with E-state index in [-0.39, 0.29) is 30.1 Å². The Hall–Kier alpha value is -3.13. The molecule has 0 unspecified atom stereocenters. The quantitative estimate of drug-likeness (QED) is 0.498. The van der Waals surface area contributed by atoms with Gasteiger partial charge in [-0.2, -0.15) is 0 Å². The number of phenols is 2. The summed E-state index contributed by atoms with van der Waals surface area (Å²) in [5.41, 5.74) is 6.24. The number of hydrogen-bond donors (Lipinski definition) is 3. The third-order valence-corrected chi connectivity index (χ3v) is 3.69. The normalized spacial score (nSPS) is 12.9. The van der Waals surface area contributed by atoms with Crippen LogP contribution in [0.1, 0.15) is 22.8 Å². The number of carbonyl (C=O) groups is 2. The second kappa shape index (κ2) is 9.00. The number of halogens is 1. The molecule has 0 heterocycles. The molecule has 2 aromatic carbocycles. The molecule has 144 valence electrons. The van der Waals surface area contributed by atoms with Crippen molar-refractivity contribution in [3.63, 3.8) is 0 Å². The molecule has 2 atom stereocenters. The zero-order chi connectivity index (χ0) is 20.0. The summed E-state index contributed by atoms with van der Waals surface area (Å²) in [6.07, 6.45) is -0.799. The van der Waals surface area contributed by atoms with Crippen molar-refractivity contribution >= 4 is 11.9 Å². The van der Waals surface area contributed by atoms with Crippen LogP contribution in [-0.2, 0) is 20.7 Å². The van der Waals surface area contributed by atoms with Crippen molar-refractivity contribution in [1.82, 2.24) is 0 Å². The molecule has 0 spiro atoms. The van der Waals surface area contributed by atoms with Crippen molar-refractivity contribution < 1.29 is 33.7 Å². The van der Waals surface area contributed by atoms with Crippen molar-refractivity contribution in [3.05, 3.63) is 59.4 Å². The summed E-state index contributed by atoms with van der Waals surface area (Å²) in [4.78, 5) is 23.9. The molecule has 2 rings (SSSR count). The van der Waals surface area contributed by atoms with Crippen LogP contribution in [0.2, 0.25) is 0 Å². The maximum atomic E-state index is 12.8. The van der Waals surface area contributed by atoms with Crippen LogP contribution in [0.4, 0.5) is 4.39 Å². The Morgan fingerprint density at radius 2 is 1.81 bits per heavy atom. The molecule has 0 fully saturated rings. The molecular formula is C19H20FNO6. The highest BCUT2D eigenvalue weighted by atomic mass is 19.1. The van der Waals surface area contributed by atoms with Crippen LogP contribution >= 0.6 is 0 Å². The summed E-state index contributed by atoms with van der Waals surface area (Å²) >= 11 is 0. The minimum atomic E-state index is -1.08. The molecule has 2 aromatic rings. The van der Waals surface area contributed by atoms with Gasteiger partial charge in [-0.1, -0.05) is 12.1 Å². The lowest BCUT2D eigenvalue weighted by atomic mass is 10.1. The van der Waals surface area contributed by atoms with Gasteiger partial charge in [-0.3, -0.25) is 4.79 Å². The number of carbonyl (C=O) groups excluding carboxylic acids is 2. The van der Waals surface area contributed by atoms with Crippen LogP contribution in [0.15, 0.2) is 42.5 Å². The summed E-state index contributed by atoms with van der Waals surface area (Å²) in [6.45, 7) is 1.32. The first-order valence-corrected chi connectivity index (χ1v) is 8.16. The second-order valence-electron chi connectivity index (χ2n) is 5.95. The molecule has 0 amide bonds. The van der Waals surface area contributed by atoms with Gasteiger partial charge in [0.1, 0.15) is 24.6 Å². The van der Waals surface area contributed by atoms with Gasteiger partial charge >= 0.3 is 11.9 Å². The number of aromatic hydroxyl groups is 2. The molecule has 8 heteroatoms. The number of benzene rings is 2. The Morgan fingerprint density at radius 1 is 1.15 bits per heavy atom. The van der Waals surface area contributed by atoms with Gasteiger partial charge in [0.15, 0.2) is 11.5 Å². The van der Waals surface area contributed by atoms with E-state index in [0.29, 0.717) is 5.56 Å². The fourth-order valence-corrected chi connectivity index (χ4v) is 2.24. The average Bonchev–Trinajstić information content (AvgIpc) is 2.64. The third-order valence-electron chi connectivity index (χ3n) is 3.69. The minimum Gasteiger partial charge on any atom is -0.504 e. The number of para-hydroxylation sites is 1. The van der Waals surface area contributed by atoms with Gasteiger partial charge < -0.3 is 25.4 Å². The predicted molar refractivity (Wildman–Crippen MR) is 93.7 cm³/mol. The number of ether oxygens (including phenoxy) is 2. The van der Waals surface area contributed by atoms with Gasteiger partial charge in [0.2, 0.25) is 0 Å². The number of esters is 2. The van der Waals surface area contributed by atoms with Gasteiger partial charge in [0.25, 0.3) is 0 Å². The molecular weight excluding hydrogens is 357 g/mol. The summed E-state index contributed by atoms with van der Waals surface area (Å²) in [5.74, 6) is -2.55. The van der Waals surface area contributed by atoms with Gasteiger partial charge in [-0.05, 0) is 42.8 Å². The van der Waals surface area contributed by atoms with Crippen molar-refractivity contribution in [1.29, 1.82) is 0 Å². The molecule has 4 N–H and O–H groups in total. The number of phenolic OH excluding ortho intramolecular Hbond substituents is 2. The number of nitrogens with two attached hydrogens (primary N) is 1. The molecule has 0 saturated heterocycles. The largest absolute Gasteiger partial charge is 0.504 e. The van der Waals surface area contributed by atoms with E-state index in [1.807, 2.05) is 0 Å². The standard InChI is InChI=1S/C19H20FNO6/c1-11(10-26-18(24)12-5-7-14(20)8-6-12)27-19(25)15(21)9-13-3-2-4-16(22)17(13)23/h2-8,11,15,22-23H,9-10,21H2,1H3/t11-,15-/m0/s1. The smallest absolute Gasteiger partial charge is 0.338 e. The lowest BCUT2D eigenvalue weighted by Gasteiger charge is -2.17. The Balaban J connectivity index is 1.82. The van der Waals surface area contributed by atoms with Crippen LogP contribution in [-0.4, -0.2) is 40.9 Å². The lowest BCUT2D eigenvalue weighted by molar-refractivity contribution is -0.151. The first-order chi connectivity index (χ1) is 12.8.